The maximum atomic E-state index is 13.1. The van der Waals surface area contributed by atoms with Crippen LogP contribution in [0.4, 0.5) is 17.6 Å². The third-order valence-electron chi connectivity index (χ3n) is 2.26. The topological polar surface area (TPSA) is 51.8 Å². The fraction of sp³-hybridized carbons (Fsp3) is 0.200. The minimum absolute atomic E-state index is 0.146. The number of alkyl halides is 3. The molecule has 0 saturated heterocycles. The van der Waals surface area contributed by atoms with Gasteiger partial charge in [0.1, 0.15) is 0 Å². The summed E-state index contributed by atoms with van der Waals surface area (Å²) >= 11 is 0.887. The average Bonchev–Trinajstić information content (AvgIpc) is 2.77. The molecule has 2 aromatic rings. The van der Waals surface area contributed by atoms with Crippen LogP contribution in [0, 0.1) is 5.82 Å². The van der Waals surface area contributed by atoms with Crippen LogP contribution in [-0.4, -0.2) is 30.0 Å². The Bertz CT molecular complexity index is 584. The van der Waals surface area contributed by atoms with Gasteiger partial charge in [-0.1, -0.05) is 0 Å². The van der Waals surface area contributed by atoms with Crippen molar-refractivity contribution in [3.8, 4) is 11.4 Å². The molecule has 0 amide bonds. The number of halogens is 4. The van der Waals surface area contributed by atoms with Gasteiger partial charge in [0, 0.05) is 0 Å². The molecule has 0 aliphatic rings. The van der Waals surface area contributed by atoms with Crippen molar-refractivity contribution >= 4 is 30.6 Å². The maximum absolute atomic E-state index is 13.1. The molecule has 0 aliphatic heterocycles. The van der Waals surface area contributed by atoms with E-state index in [2.05, 4.69) is 9.36 Å². The van der Waals surface area contributed by atoms with E-state index in [9.17, 15) is 17.6 Å². The number of hydrogen-bond donors (Lipinski definition) is 1. The van der Waals surface area contributed by atoms with Crippen molar-refractivity contribution < 1.29 is 17.6 Å². The quantitative estimate of drug-likeness (QED) is 0.692. The van der Waals surface area contributed by atoms with E-state index in [0.717, 1.165) is 27.5 Å². The first-order valence-electron chi connectivity index (χ1n) is 5.16. The second-order valence-electron chi connectivity index (χ2n) is 3.59. The molecule has 3 nitrogen and oxygen atoms in total. The van der Waals surface area contributed by atoms with Gasteiger partial charge in [-0.05, 0) is 0 Å². The third kappa shape index (κ3) is 3.31. The molecule has 0 saturated carbocycles. The molecule has 0 bridgehead atoms. The molecule has 0 atom stereocenters. The fourth-order valence-electron chi connectivity index (χ4n) is 1.42. The monoisotopic (exact) mass is 304 g/mol. The van der Waals surface area contributed by atoms with Crippen molar-refractivity contribution in [3.05, 3.63) is 29.6 Å². The zero-order chi connectivity index (χ0) is 14.0. The Labute approximate surface area is 116 Å². The summed E-state index contributed by atoms with van der Waals surface area (Å²) in [6.07, 6.45) is -4.73. The van der Waals surface area contributed by atoms with Crippen LogP contribution in [0.3, 0.4) is 0 Å². The van der Waals surface area contributed by atoms with Crippen LogP contribution < -0.4 is 9.60 Å². The van der Waals surface area contributed by atoms with Crippen LogP contribution >= 0.6 is 11.5 Å². The van der Waals surface area contributed by atoms with Gasteiger partial charge in [-0.2, -0.15) is 0 Å². The van der Waals surface area contributed by atoms with E-state index >= 15 is 0 Å². The van der Waals surface area contributed by atoms with Crippen molar-refractivity contribution in [2.45, 2.75) is 6.18 Å². The summed E-state index contributed by atoms with van der Waals surface area (Å²) < 4.78 is 55.6. The fourth-order valence-corrected chi connectivity index (χ4v) is 3.03. The zero-order valence-corrected chi connectivity index (χ0v) is 11.4. The minimum atomic E-state index is -4.73. The summed E-state index contributed by atoms with van der Waals surface area (Å²) in [7, 11) is 0. The second kappa shape index (κ2) is 5.55. The van der Waals surface area contributed by atoms with Crippen LogP contribution in [0.5, 0.6) is 0 Å². The zero-order valence-electron chi connectivity index (χ0n) is 9.41. The summed E-state index contributed by atoms with van der Waals surface area (Å²) in [5.74, 6) is -1.13. The van der Waals surface area contributed by atoms with Crippen molar-refractivity contribution in [2.75, 3.05) is 5.41 Å². The van der Waals surface area contributed by atoms with Crippen LogP contribution in [0.25, 0.3) is 11.4 Å². The van der Waals surface area contributed by atoms with Gasteiger partial charge < -0.3 is 0 Å². The first-order valence-corrected chi connectivity index (χ1v) is 7.32. The Morgan fingerprint density at radius 2 is 2.05 bits per heavy atom. The van der Waals surface area contributed by atoms with Crippen LogP contribution in [-0.2, 0) is 6.18 Å². The Morgan fingerprint density at radius 3 is 2.68 bits per heavy atom. The van der Waals surface area contributed by atoms with Gasteiger partial charge in [0.05, 0.1) is 0 Å². The molecule has 1 heterocycles. The van der Waals surface area contributed by atoms with Gasteiger partial charge >= 0.3 is 116 Å². The molecule has 1 aromatic heterocycles. The molecule has 2 rings (SSSR count). The standard InChI is InChI=1S/C9H3F4N2S.CH4N.Al/c10-7-2-1-5(8-14-4-16-15-8)3-6(7)9(11,12)13;1-2;/h1-3H;1-2H2;/q;;+1. The summed E-state index contributed by atoms with van der Waals surface area (Å²) in [5, 5.41) is 0.464. The van der Waals surface area contributed by atoms with E-state index in [1.807, 2.05) is 0 Å². The van der Waals surface area contributed by atoms with E-state index in [4.69, 9.17) is 5.73 Å². The van der Waals surface area contributed by atoms with Gasteiger partial charge in [-0.15, -0.1) is 0 Å². The Hall–Kier alpha value is -1.01. The average molecular weight is 304 g/mol. The Balaban J connectivity index is 2.39. The number of hydrogen-bond acceptors (Lipinski definition) is 4. The second-order valence-corrected chi connectivity index (χ2v) is 6.22. The number of aromatic nitrogens is 2. The molecule has 0 radical (unpaired) electrons. The SMILES string of the molecule is N[CH2][Al+][c]1nc(-c2ccc(F)c(C(F)(F)F)c2)ns1. The van der Waals surface area contributed by atoms with E-state index in [-0.39, 0.29) is 26.6 Å². The van der Waals surface area contributed by atoms with E-state index in [0.29, 0.717) is 5.41 Å². The summed E-state index contributed by atoms with van der Waals surface area (Å²) in [4.78, 5) is 4.10. The molecule has 1 aromatic carbocycles. The predicted molar refractivity (Wildman–Crippen MR) is 64.7 cm³/mol. The number of rotatable bonds is 3. The van der Waals surface area contributed by atoms with Crippen LogP contribution in [0.1, 0.15) is 5.56 Å². The van der Waals surface area contributed by atoms with E-state index < -0.39 is 17.6 Å². The number of nitrogens with two attached hydrogens (primary N) is 1. The Kier molecular flexibility index (Phi) is 4.20. The van der Waals surface area contributed by atoms with Crippen molar-refractivity contribution in [1.29, 1.82) is 0 Å². The first-order chi connectivity index (χ1) is 8.91. The molecule has 0 unspecified atom stereocenters. The van der Waals surface area contributed by atoms with Crippen LogP contribution in [0.15, 0.2) is 18.2 Å². The molecule has 2 N–H and O–H groups in total. The summed E-state index contributed by atoms with van der Waals surface area (Å²) in [6.45, 7) is 0. The Morgan fingerprint density at radius 1 is 1.32 bits per heavy atom. The number of nitrogens with zero attached hydrogens (tertiary/aromatic N) is 2. The van der Waals surface area contributed by atoms with Gasteiger partial charge in [0.25, 0.3) is 0 Å². The molecular weight excluding hydrogens is 297 g/mol. The molecular formula is C10H7AlF4N3S+. The molecule has 0 aliphatic carbocycles. The first kappa shape index (κ1) is 14.4. The van der Waals surface area contributed by atoms with Crippen molar-refractivity contribution in [3.63, 3.8) is 0 Å². The normalized spacial score (nSPS) is 11.4. The van der Waals surface area contributed by atoms with Crippen molar-refractivity contribution in [1.82, 2.24) is 9.36 Å². The predicted octanol–water partition coefficient (Wildman–Crippen LogP) is 1.61. The van der Waals surface area contributed by atoms with Crippen molar-refractivity contribution in [2.24, 2.45) is 5.73 Å². The summed E-state index contributed by atoms with van der Waals surface area (Å²) in [6, 6.07) is 2.72. The third-order valence-corrected chi connectivity index (χ3v) is 4.34. The van der Waals surface area contributed by atoms with Gasteiger partial charge in [0.15, 0.2) is 0 Å². The molecule has 0 spiro atoms. The molecule has 0 fully saturated rings. The summed E-state index contributed by atoms with van der Waals surface area (Å²) in [5.41, 5.74) is 4.22. The van der Waals surface area contributed by atoms with Gasteiger partial charge in [-0.3, -0.25) is 0 Å². The van der Waals surface area contributed by atoms with Crippen LogP contribution in [0.2, 0.25) is 0 Å². The van der Waals surface area contributed by atoms with E-state index in [1.165, 1.54) is 6.07 Å². The van der Waals surface area contributed by atoms with E-state index in [1.54, 1.807) is 0 Å². The molecule has 9 heteroatoms. The van der Waals surface area contributed by atoms with Gasteiger partial charge in [0.2, 0.25) is 0 Å². The molecule has 19 heavy (non-hydrogen) atoms. The number of benzene rings is 1. The van der Waals surface area contributed by atoms with Gasteiger partial charge in [-0.25, -0.2) is 0 Å². The molecule has 98 valence electrons.